The van der Waals surface area contributed by atoms with E-state index in [4.69, 9.17) is 10.5 Å². The molecule has 3 nitrogen and oxygen atoms in total. The molecular formula is C12H22N2OS. The van der Waals surface area contributed by atoms with Crippen LogP contribution in [0.2, 0.25) is 0 Å². The first kappa shape index (κ1) is 13.6. The van der Waals surface area contributed by atoms with Crippen LogP contribution in [0.25, 0.3) is 0 Å². The normalized spacial score (nSPS) is 15.3. The van der Waals surface area contributed by atoms with Crippen molar-refractivity contribution in [1.82, 2.24) is 4.90 Å². The lowest BCUT2D eigenvalue weighted by atomic mass is 9.95. The largest absolute Gasteiger partial charge is 0.383 e. The van der Waals surface area contributed by atoms with E-state index < -0.39 is 0 Å². The molecule has 4 heteroatoms. The minimum atomic E-state index is -0.0450. The Morgan fingerprint density at radius 3 is 2.75 bits per heavy atom. The van der Waals surface area contributed by atoms with Crippen molar-refractivity contribution in [1.29, 1.82) is 0 Å². The van der Waals surface area contributed by atoms with Gasteiger partial charge in [-0.2, -0.15) is 11.3 Å². The minimum Gasteiger partial charge on any atom is -0.383 e. The topological polar surface area (TPSA) is 38.5 Å². The zero-order valence-electron chi connectivity index (χ0n) is 10.4. The molecule has 0 aliphatic carbocycles. The maximum Gasteiger partial charge on any atom is 0.0658 e. The summed E-state index contributed by atoms with van der Waals surface area (Å²) in [7, 11) is 3.85. The van der Waals surface area contributed by atoms with Gasteiger partial charge in [-0.25, -0.2) is 0 Å². The van der Waals surface area contributed by atoms with E-state index in [1.807, 2.05) is 0 Å². The van der Waals surface area contributed by atoms with Crippen molar-refractivity contribution in [3.05, 3.63) is 22.4 Å². The first-order valence-electron chi connectivity index (χ1n) is 5.60. The molecule has 0 bridgehead atoms. The van der Waals surface area contributed by atoms with E-state index in [1.54, 1.807) is 18.4 Å². The number of rotatable bonds is 7. The summed E-state index contributed by atoms with van der Waals surface area (Å²) in [5.74, 6) is 0. The van der Waals surface area contributed by atoms with Gasteiger partial charge in [0.2, 0.25) is 0 Å². The molecule has 0 radical (unpaired) electrons. The van der Waals surface area contributed by atoms with Gasteiger partial charge >= 0.3 is 0 Å². The Bertz CT molecular complexity index is 283. The fourth-order valence-corrected chi connectivity index (χ4v) is 2.59. The molecule has 0 aromatic carbocycles. The summed E-state index contributed by atoms with van der Waals surface area (Å²) in [6, 6.07) is 2.16. The number of likely N-dealkylation sites (N-methyl/N-ethyl adjacent to an activating group) is 1. The van der Waals surface area contributed by atoms with E-state index in [1.165, 1.54) is 5.56 Å². The molecule has 1 unspecified atom stereocenters. The Kier molecular flexibility index (Phi) is 5.41. The third kappa shape index (κ3) is 3.04. The zero-order chi connectivity index (χ0) is 12.0. The van der Waals surface area contributed by atoms with Gasteiger partial charge in [-0.15, -0.1) is 0 Å². The van der Waals surface area contributed by atoms with Crippen molar-refractivity contribution in [3.8, 4) is 0 Å². The van der Waals surface area contributed by atoms with Gasteiger partial charge < -0.3 is 10.5 Å². The maximum atomic E-state index is 5.92. The fraction of sp³-hybridized carbons (Fsp3) is 0.667. The van der Waals surface area contributed by atoms with Crippen molar-refractivity contribution in [3.63, 3.8) is 0 Å². The lowest BCUT2D eigenvalue weighted by Crippen LogP contribution is -2.54. The molecule has 0 amide bonds. The molecule has 1 rings (SSSR count). The molecule has 92 valence electrons. The van der Waals surface area contributed by atoms with Gasteiger partial charge in [0.05, 0.1) is 12.1 Å². The van der Waals surface area contributed by atoms with Crippen LogP contribution in [0.15, 0.2) is 16.8 Å². The molecule has 2 N–H and O–H groups in total. The van der Waals surface area contributed by atoms with E-state index >= 15 is 0 Å². The summed E-state index contributed by atoms with van der Waals surface area (Å²) < 4.78 is 5.31. The smallest absolute Gasteiger partial charge is 0.0658 e. The van der Waals surface area contributed by atoms with Crippen molar-refractivity contribution >= 4 is 11.3 Å². The highest BCUT2D eigenvalue weighted by Gasteiger charge is 2.31. The third-order valence-corrected chi connectivity index (χ3v) is 3.99. The highest BCUT2D eigenvalue weighted by atomic mass is 32.1. The molecule has 1 aromatic heterocycles. The average Bonchev–Trinajstić information content (AvgIpc) is 2.78. The average molecular weight is 242 g/mol. The van der Waals surface area contributed by atoms with Crippen molar-refractivity contribution < 1.29 is 4.74 Å². The molecule has 16 heavy (non-hydrogen) atoms. The Morgan fingerprint density at radius 1 is 1.56 bits per heavy atom. The van der Waals surface area contributed by atoms with Crippen molar-refractivity contribution in [2.45, 2.75) is 25.4 Å². The van der Waals surface area contributed by atoms with Gasteiger partial charge in [0.1, 0.15) is 0 Å². The number of hydrogen-bond acceptors (Lipinski definition) is 4. The van der Waals surface area contributed by atoms with Gasteiger partial charge in [-0.05, 0) is 35.9 Å². The standard InChI is InChI=1S/C12H22N2OS/c1-4-12(9-13,10-15-3)14(2)7-11-5-6-16-8-11/h5-6,8H,4,7,9-10,13H2,1-3H3. The number of methoxy groups -OCH3 is 1. The van der Waals surface area contributed by atoms with Crippen LogP contribution in [0.5, 0.6) is 0 Å². The molecule has 0 fully saturated rings. The van der Waals surface area contributed by atoms with Crippen LogP contribution >= 0.6 is 11.3 Å². The van der Waals surface area contributed by atoms with Gasteiger partial charge in [0, 0.05) is 20.2 Å². The molecule has 0 spiro atoms. The third-order valence-electron chi connectivity index (χ3n) is 3.26. The number of thiophene rings is 1. The zero-order valence-corrected chi connectivity index (χ0v) is 11.2. The van der Waals surface area contributed by atoms with E-state index in [0.717, 1.165) is 13.0 Å². The summed E-state index contributed by atoms with van der Waals surface area (Å²) >= 11 is 1.73. The Labute approximate surface area is 102 Å². The summed E-state index contributed by atoms with van der Waals surface area (Å²) in [6.45, 7) is 4.40. The molecule has 0 aliphatic heterocycles. The maximum absolute atomic E-state index is 5.92. The van der Waals surface area contributed by atoms with E-state index in [-0.39, 0.29) is 5.54 Å². The molecule has 1 aromatic rings. The summed E-state index contributed by atoms with van der Waals surface area (Å²) in [4.78, 5) is 2.30. The summed E-state index contributed by atoms with van der Waals surface area (Å²) in [5.41, 5.74) is 7.21. The van der Waals surface area contributed by atoms with E-state index in [0.29, 0.717) is 13.2 Å². The molecule has 0 saturated carbocycles. The lowest BCUT2D eigenvalue weighted by molar-refractivity contribution is 0.0234. The number of nitrogens with two attached hydrogens (primary N) is 1. The first-order valence-corrected chi connectivity index (χ1v) is 6.54. The molecule has 1 atom stereocenters. The highest BCUT2D eigenvalue weighted by molar-refractivity contribution is 7.07. The number of hydrogen-bond donors (Lipinski definition) is 1. The second-order valence-corrected chi connectivity index (χ2v) is 4.98. The lowest BCUT2D eigenvalue weighted by Gasteiger charge is -2.40. The molecule has 0 saturated heterocycles. The summed E-state index contributed by atoms with van der Waals surface area (Å²) in [5, 5.41) is 4.29. The van der Waals surface area contributed by atoms with E-state index in [9.17, 15) is 0 Å². The van der Waals surface area contributed by atoms with Crippen LogP contribution in [0.4, 0.5) is 0 Å². The predicted molar refractivity (Wildman–Crippen MR) is 69.7 cm³/mol. The molecular weight excluding hydrogens is 220 g/mol. The predicted octanol–water partition coefficient (Wildman–Crippen LogP) is 1.93. The highest BCUT2D eigenvalue weighted by Crippen LogP contribution is 2.21. The van der Waals surface area contributed by atoms with Crippen LogP contribution in [-0.2, 0) is 11.3 Å². The Hall–Kier alpha value is -0.420. The Morgan fingerprint density at radius 2 is 2.31 bits per heavy atom. The van der Waals surface area contributed by atoms with Crippen LogP contribution in [0.1, 0.15) is 18.9 Å². The second kappa shape index (κ2) is 6.35. The molecule has 1 heterocycles. The van der Waals surface area contributed by atoms with Gasteiger partial charge in [-0.3, -0.25) is 4.90 Å². The van der Waals surface area contributed by atoms with Crippen LogP contribution in [0.3, 0.4) is 0 Å². The minimum absolute atomic E-state index is 0.0450. The van der Waals surface area contributed by atoms with Gasteiger partial charge in [-0.1, -0.05) is 6.92 Å². The Balaban J connectivity index is 2.70. The molecule has 0 aliphatic rings. The number of nitrogens with zero attached hydrogens (tertiary/aromatic N) is 1. The van der Waals surface area contributed by atoms with Gasteiger partial charge in [0.25, 0.3) is 0 Å². The van der Waals surface area contributed by atoms with Crippen molar-refractivity contribution in [2.24, 2.45) is 5.73 Å². The summed E-state index contributed by atoms with van der Waals surface area (Å²) in [6.07, 6.45) is 0.998. The number of ether oxygens (including phenoxy) is 1. The SMILES string of the molecule is CCC(CN)(COC)N(C)Cc1ccsc1. The van der Waals surface area contributed by atoms with Crippen LogP contribution in [0, 0.1) is 0 Å². The quantitative estimate of drug-likeness (QED) is 0.794. The fourth-order valence-electron chi connectivity index (χ4n) is 1.93. The van der Waals surface area contributed by atoms with Gasteiger partial charge in [0.15, 0.2) is 0 Å². The second-order valence-electron chi connectivity index (χ2n) is 4.20. The van der Waals surface area contributed by atoms with Crippen LogP contribution < -0.4 is 5.73 Å². The first-order chi connectivity index (χ1) is 7.68. The monoisotopic (exact) mass is 242 g/mol. The van der Waals surface area contributed by atoms with Crippen molar-refractivity contribution in [2.75, 3.05) is 27.3 Å². The van der Waals surface area contributed by atoms with E-state index in [2.05, 4.69) is 35.7 Å². The van der Waals surface area contributed by atoms with Crippen LogP contribution in [-0.4, -0.2) is 37.7 Å².